The molecule has 2 amide bonds. The molecule has 1 aliphatic heterocycles. The van der Waals surface area contributed by atoms with Gasteiger partial charge in [-0.3, -0.25) is 9.59 Å². The summed E-state index contributed by atoms with van der Waals surface area (Å²) >= 11 is 0. The number of nitrogens with one attached hydrogen (secondary N) is 3. The van der Waals surface area contributed by atoms with Crippen LogP contribution in [0.4, 0.5) is 0 Å². The second kappa shape index (κ2) is 5.20. The summed E-state index contributed by atoms with van der Waals surface area (Å²) in [5.74, 6) is -1.34. The van der Waals surface area contributed by atoms with Gasteiger partial charge in [0.05, 0.1) is 12.1 Å². The Morgan fingerprint density at radius 3 is 3.00 bits per heavy atom. The first kappa shape index (κ1) is 13.0. The number of nitrogens with zero attached hydrogens (tertiary/aromatic N) is 2. The quantitative estimate of drug-likeness (QED) is 0.572. The number of aromatic nitrogens is 1. The summed E-state index contributed by atoms with van der Waals surface area (Å²) in [4.78, 5) is 26.2. The minimum Gasteiger partial charge on any atom is -0.361 e. The van der Waals surface area contributed by atoms with Gasteiger partial charge in [0.1, 0.15) is 5.71 Å². The van der Waals surface area contributed by atoms with Gasteiger partial charge in [0.15, 0.2) is 0 Å². The van der Waals surface area contributed by atoms with Crippen molar-refractivity contribution in [2.24, 2.45) is 16.1 Å². The maximum absolute atomic E-state index is 11.8. The van der Waals surface area contributed by atoms with Crippen molar-refractivity contribution in [2.45, 2.75) is 6.92 Å². The van der Waals surface area contributed by atoms with Gasteiger partial charge in [-0.05, 0) is 13.0 Å². The molecular formula is C14H13N5O2. The first-order chi connectivity index (χ1) is 10.2. The fraction of sp³-hybridized carbons (Fsp3) is 0.143. The summed E-state index contributed by atoms with van der Waals surface area (Å²) < 4.78 is 0. The molecule has 2 heterocycles. The second-order valence-corrected chi connectivity index (χ2v) is 4.68. The van der Waals surface area contributed by atoms with E-state index in [0.717, 1.165) is 16.5 Å². The molecule has 106 valence electrons. The number of carbonyl (C=O) groups is 2. The third-order valence-corrected chi connectivity index (χ3v) is 3.31. The van der Waals surface area contributed by atoms with Crippen LogP contribution in [-0.2, 0) is 9.59 Å². The number of benzene rings is 1. The van der Waals surface area contributed by atoms with E-state index < -0.39 is 11.8 Å². The van der Waals surface area contributed by atoms with Crippen LogP contribution < -0.4 is 10.9 Å². The van der Waals surface area contributed by atoms with E-state index in [0.29, 0.717) is 0 Å². The number of carbonyl (C=O) groups excluding carboxylic acids is 2. The van der Waals surface area contributed by atoms with Gasteiger partial charge >= 0.3 is 0 Å². The molecule has 0 saturated heterocycles. The summed E-state index contributed by atoms with van der Waals surface area (Å²) in [6.45, 7) is 1.62. The van der Waals surface area contributed by atoms with Crippen LogP contribution in [0.15, 0.2) is 40.7 Å². The van der Waals surface area contributed by atoms with E-state index in [9.17, 15) is 9.59 Å². The predicted octanol–water partition coefficient (Wildman–Crippen LogP) is 0.740. The van der Waals surface area contributed by atoms with Crippen molar-refractivity contribution in [3.05, 3.63) is 36.0 Å². The number of amides is 2. The van der Waals surface area contributed by atoms with Crippen molar-refractivity contribution in [3.63, 3.8) is 0 Å². The van der Waals surface area contributed by atoms with E-state index in [-0.39, 0.29) is 11.6 Å². The van der Waals surface area contributed by atoms with E-state index in [1.54, 1.807) is 19.3 Å². The number of rotatable bonds is 3. The molecule has 0 fully saturated rings. The minimum atomic E-state index is -0.562. The summed E-state index contributed by atoms with van der Waals surface area (Å²) in [6.07, 6.45) is 3.35. The van der Waals surface area contributed by atoms with Crippen LogP contribution in [0.1, 0.15) is 12.5 Å². The third-order valence-electron chi connectivity index (χ3n) is 3.31. The fourth-order valence-corrected chi connectivity index (χ4v) is 2.10. The summed E-state index contributed by atoms with van der Waals surface area (Å²) in [6, 6.07) is 7.78. The van der Waals surface area contributed by atoms with Crippen molar-refractivity contribution in [2.75, 3.05) is 0 Å². The third kappa shape index (κ3) is 2.40. The normalized spacial score (nSPS) is 18.0. The predicted molar refractivity (Wildman–Crippen MR) is 78.8 cm³/mol. The van der Waals surface area contributed by atoms with Gasteiger partial charge in [-0.1, -0.05) is 18.2 Å². The van der Waals surface area contributed by atoms with Crippen LogP contribution in [-0.4, -0.2) is 28.7 Å². The van der Waals surface area contributed by atoms with Crippen molar-refractivity contribution in [1.82, 2.24) is 15.8 Å². The molecule has 0 saturated carbocycles. The molecule has 7 nitrogen and oxygen atoms in total. The SMILES string of the molecule is CC1C(=O)NN=C1C(=O)N/N=C\c1c[nH]c2ccccc12. The highest BCUT2D eigenvalue weighted by molar-refractivity contribution is 6.44. The zero-order valence-electron chi connectivity index (χ0n) is 11.3. The molecule has 1 aliphatic rings. The highest BCUT2D eigenvalue weighted by Gasteiger charge is 2.30. The van der Waals surface area contributed by atoms with Crippen LogP contribution in [0, 0.1) is 5.92 Å². The van der Waals surface area contributed by atoms with Gasteiger partial charge in [-0.15, -0.1) is 0 Å². The first-order valence-corrected chi connectivity index (χ1v) is 6.44. The smallest absolute Gasteiger partial charge is 0.288 e. The lowest BCUT2D eigenvalue weighted by Crippen LogP contribution is -2.32. The molecule has 7 heteroatoms. The van der Waals surface area contributed by atoms with Gasteiger partial charge < -0.3 is 4.98 Å². The Bertz CT molecular complexity index is 775. The van der Waals surface area contributed by atoms with Crippen LogP contribution in [0.3, 0.4) is 0 Å². The van der Waals surface area contributed by atoms with E-state index in [4.69, 9.17) is 0 Å². The molecule has 1 aromatic heterocycles. The fourth-order valence-electron chi connectivity index (χ4n) is 2.10. The van der Waals surface area contributed by atoms with E-state index in [2.05, 4.69) is 26.0 Å². The van der Waals surface area contributed by atoms with Gasteiger partial charge in [-0.2, -0.15) is 10.2 Å². The molecule has 1 atom stereocenters. The van der Waals surface area contributed by atoms with Crippen molar-refractivity contribution < 1.29 is 9.59 Å². The van der Waals surface area contributed by atoms with Crippen molar-refractivity contribution >= 4 is 34.6 Å². The first-order valence-electron chi connectivity index (χ1n) is 6.44. The molecule has 3 rings (SSSR count). The average Bonchev–Trinajstić information content (AvgIpc) is 3.04. The number of aromatic amines is 1. The van der Waals surface area contributed by atoms with Gasteiger partial charge in [0.25, 0.3) is 5.91 Å². The van der Waals surface area contributed by atoms with Crippen molar-refractivity contribution in [3.8, 4) is 0 Å². The number of hydrogen-bond acceptors (Lipinski definition) is 4. The Morgan fingerprint density at radius 2 is 2.24 bits per heavy atom. The molecule has 1 aromatic carbocycles. The van der Waals surface area contributed by atoms with Gasteiger partial charge in [0.2, 0.25) is 5.91 Å². The molecule has 0 aliphatic carbocycles. The lowest BCUT2D eigenvalue weighted by atomic mass is 10.1. The Kier molecular flexibility index (Phi) is 3.23. The maximum atomic E-state index is 11.8. The summed E-state index contributed by atoms with van der Waals surface area (Å²) in [5.41, 5.74) is 6.62. The minimum absolute atomic E-state index is 0.135. The number of para-hydroxylation sites is 1. The molecule has 3 N–H and O–H groups in total. The van der Waals surface area contributed by atoms with Crippen LogP contribution in [0.2, 0.25) is 0 Å². The summed E-state index contributed by atoms with van der Waals surface area (Å²) in [7, 11) is 0. The number of hydrazone groups is 2. The zero-order valence-corrected chi connectivity index (χ0v) is 11.3. The maximum Gasteiger partial charge on any atom is 0.288 e. The van der Waals surface area contributed by atoms with Crippen molar-refractivity contribution in [1.29, 1.82) is 0 Å². The largest absolute Gasteiger partial charge is 0.361 e. The number of fused-ring (bicyclic) bond motifs is 1. The van der Waals surface area contributed by atoms with E-state index in [1.165, 1.54) is 0 Å². The highest BCUT2D eigenvalue weighted by atomic mass is 16.2. The molecule has 0 radical (unpaired) electrons. The molecule has 0 bridgehead atoms. The van der Waals surface area contributed by atoms with Crippen LogP contribution in [0.25, 0.3) is 10.9 Å². The lowest BCUT2D eigenvalue weighted by Gasteiger charge is -2.01. The monoisotopic (exact) mass is 283 g/mol. The van der Waals surface area contributed by atoms with Crippen LogP contribution >= 0.6 is 0 Å². The highest BCUT2D eigenvalue weighted by Crippen LogP contribution is 2.15. The van der Waals surface area contributed by atoms with E-state index >= 15 is 0 Å². The second-order valence-electron chi connectivity index (χ2n) is 4.68. The Labute approximate surface area is 120 Å². The Hall–Kier alpha value is -2.96. The number of hydrogen-bond donors (Lipinski definition) is 3. The number of H-pyrrole nitrogens is 1. The Balaban J connectivity index is 1.70. The molecular weight excluding hydrogens is 270 g/mol. The van der Waals surface area contributed by atoms with Gasteiger partial charge in [-0.25, -0.2) is 10.9 Å². The standard InChI is InChI=1S/C14H13N5O2/c1-8-12(17-19-13(8)20)14(21)18-16-7-9-6-15-11-5-3-2-4-10(9)11/h2-8,15H,1H3,(H,18,21)(H,19,20)/b16-7-. The summed E-state index contributed by atoms with van der Waals surface area (Å²) in [5, 5.41) is 8.60. The topological polar surface area (TPSA) is 98.7 Å². The zero-order chi connectivity index (χ0) is 14.8. The lowest BCUT2D eigenvalue weighted by molar-refractivity contribution is -0.122. The van der Waals surface area contributed by atoms with Crippen LogP contribution in [0.5, 0.6) is 0 Å². The molecule has 0 spiro atoms. The average molecular weight is 283 g/mol. The van der Waals surface area contributed by atoms with Gasteiger partial charge in [0, 0.05) is 22.7 Å². The van der Waals surface area contributed by atoms with E-state index in [1.807, 2.05) is 24.3 Å². The molecule has 21 heavy (non-hydrogen) atoms. The molecule has 2 aromatic rings. The molecule has 1 unspecified atom stereocenters. The Morgan fingerprint density at radius 1 is 1.43 bits per heavy atom.